The van der Waals surface area contributed by atoms with Crippen LogP contribution in [0.2, 0.25) is 0 Å². The molecule has 1 aliphatic carbocycles. The van der Waals surface area contributed by atoms with Gasteiger partial charge in [0.15, 0.2) is 0 Å². The van der Waals surface area contributed by atoms with E-state index in [4.69, 9.17) is 0 Å². The Balaban J connectivity index is 2.22. The number of halogens is 3. The molecule has 1 aromatic rings. The minimum absolute atomic E-state index is 0.125. The molecule has 2 N–H and O–H groups in total. The monoisotopic (exact) mass is 288 g/mol. The van der Waals surface area contributed by atoms with Crippen LogP contribution in [0.15, 0.2) is 24.3 Å². The molecule has 1 saturated carbocycles. The molecule has 5 heteroatoms. The summed E-state index contributed by atoms with van der Waals surface area (Å²) in [6.07, 6.45) is -2.65. The van der Waals surface area contributed by atoms with Gasteiger partial charge in [0.05, 0.1) is 11.7 Å². The Labute approximate surface area is 116 Å². The van der Waals surface area contributed by atoms with Crippen molar-refractivity contribution in [3.8, 4) is 0 Å². The van der Waals surface area contributed by atoms with Crippen molar-refractivity contribution >= 4 is 0 Å². The summed E-state index contributed by atoms with van der Waals surface area (Å²) >= 11 is 0. The van der Waals surface area contributed by atoms with Crippen molar-refractivity contribution < 1.29 is 23.4 Å². The third kappa shape index (κ3) is 3.33. The topological polar surface area (TPSA) is 40.5 Å². The molecule has 0 heterocycles. The van der Waals surface area contributed by atoms with Crippen molar-refractivity contribution in [3.63, 3.8) is 0 Å². The highest BCUT2D eigenvalue weighted by Gasteiger charge is 2.37. The smallest absolute Gasteiger partial charge is 0.390 e. The summed E-state index contributed by atoms with van der Waals surface area (Å²) < 4.78 is 38.8. The maximum atomic E-state index is 12.9. The predicted octanol–water partition coefficient (Wildman–Crippen LogP) is 3.68. The van der Waals surface area contributed by atoms with Crippen LogP contribution in [0.3, 0.4) is 0 Å². The van der Waals surface area contributed by atoms with E-state index in [0.29, 0.717) is 0 Å². The van der Waals surface area contributed by atoms with Gasteiger partial charge in [0.2, 0.25) is 0 Å². The molecule has 0 bridgehead atoms. The summed E-state index contributed by atoms with van der Waals surface area (Å²) in [5, 5.41) is 20.3. The van der Waals surface area contributed by atoms with Gasteiger partial charge < -0.3 is 10.2 Å². The first-order valence-corrected chi connectivity index (χ1v) is 6.93. The molecule has 0 saturated heterocycles. The molecular formula is C15H19F3O2. The van der Waals surface area contributed by atoms with E-state index < -0.39 is 23.9 Å². The molecular weight excluding hydrogens is 269 g/mol. The van der Waals surface area contributed by atoms with Crippen LogP contribution in [0.4, 0.5) is 13.2 Å². The molecule has 0 radical (unpaired) electrons. The van der Waals surface area contributed by atoms with Gasteiger partial charge in [-0.1, -0.05) is 37.5 Å². The van der Waals surface area contributed by atoms with Crippen LogP contribution in [0.5, 0.6) is 0 Å². The fourth-order valence-corrected chi connectivity index (χ4v) is 2.93. The number of aliphatic hydroxyl groups excluding tert-OH is 2. The molecule has 1 aromatic carbocycles. The number of aliphatic hydroxyl groups is 2. The number of hydrogen-bond donors (Lipinski definition) is 2. The molecule has 0 spiro atoms. The zero-order chi connectivity index (χ0) is 14.8. The summed E-state index contributed by atoms with van der Waals surface area (Å²) in [6, 6.07) is 4.90. The first-order chi connectivity index (χ1) is 9.41. The highest BCUT2D eigenvalue weighted by Crippen LogP contribution is 2.38. The minimum Gasteiger partial charge on any atom is -0.390 e. The number of rotatable bonds is 3. The molecule has 2 atom stereocenters. The molecule has 112 valence electrons. The summed E-state index contributed by atoms with van der Waals surface area (Å²) in [6.45, 7) is 0. The molecule has 0 aliphatic heterocycles. The van der Waals surface area contributed by atoms with E-state index >= 15 is 0 Å². The average Bonchev–Trinajstić information content (AvgIpc) is 2.46. The summed E-state index contributed by atoms with van der Waals surface area (Å²) in [5.41, 5.74) is -1.11. The van der Waals surface area contributed by atoms with Gasteiger partial charge in [0.1, 0.15) is 6.10 Å². The zero-order valence-corrected chi connectivity index (χ0v) is 11.1. The van der Waals surface area contributed by atoms with Crippen molar-refractivity contribution in [2.24, 2.45) is 5.92 Å². The van der Waals surface area contributed by atoms with Crippen LogP contribution in [-0.4, -0.2) is 16.3 Å². The van der Waals surface area contributed by atoms with Crippen LogP contribution >= 0.6 is 0 Å². The van der Waals surface area contributed by atoms with E-state index in [0.717, 1.165) is 38.2 Å². The van der Waals surface area contributed by atoms with Crippen molar-refractivity contribution in [1.29, 1.82) is 0 Å². The van der Waals surface area contributed by atoms with Crippen LogP contribution in [-0.2, 0) is 6.18 Å². The Morgan fingerprint density at radius 2 is 1.60 bits per heavy atom. The second kappa shape index (κ2) is 6.14. The fraction of sp³-hybridized carbons (Fsp3) is 0.600. The van der Waals surface area contributed by atoms with Gasteiger partial charge >= 0.3 is 6.18 Å². The Kier molecular flexibility index (Phi) is 4.70. The van der Waals surface area contributed by atoms with Gasteiger partial charge in [-0.15, -0.1) is 0 Å². The van der Waals surface area contributed by atoms with Crippen LogP contribution in [0, 0.1) is 5.92 Å². The van der Waals surface area contributed by atoms with Gasteiger partial charge in [-0.3, -0.25) is 0 Å². The normalized spacial score (nSPS) is 20.6. The summed E-state index contributed by atoms with van der Waals surface area (Å²) in [7, 11) is 0. The maximum absolute atomic E-state index is 12.9. The lowest BCUT2D eigenvalue weighted by Gasteiger charge is -2.30. The first kappa shape index (κ1) is 15.3. The van der Waals surface area contributed by atoms with Gasteiger partial charge in [-0.2, -0.15) is 13.2 Å². The van der Waals surface area contributed by atoms with E-state index in [1.165, 1.54) is 18.2 Å². The van der Waals surface area contributed by atoms with Crippen molar-refractivity contribution in [3.05, 3.63) is 35.4 Å². The molecule has 1 fully saturated rings. The van der Waals surface area contributed by atoms with Gasteiger partial charge in [-0.25, -0.2) is 0 Å². The van der Waals surface area contributed by atoms with E-state index in [-0.39, 0.29) is 11.5 Å². The Bertz CT molecular complexity index is 439. The zero-order valence-electron chi connectivity index (χ0n) is 11.1. The standard InChI is InChI=1S/C15H19F3O2/c16-15(17,18)12-9-5-4-8-11(12)14(20)13(19)10-6-2-1-3-7-10/h4-5,8-10,13-14,19-20H,1-3,6-7H2. The van der Waals surface area contributed by atoms with Crippen LogP contribution in [0.25, 0.3) is 0 Å². The molecule has 2 unspecified atom stereocenters. The Morgan fingerprint density at radius 1 is 1.00 bits per heavy atom. The van der Waals surface area contributed by atoms with Crippen LogP contribution < -0.4 is 0 Å². The van der Waals surface area contributed by atoms with E-state index in [1.807, 2.05) is 0 Å². The minimum atomic E-state index is -4.52. The lowest BCUT2D eigenvalue weighted by atomic mass is 9.81. The van der Waals surface area contributed by atoms with Gasteiger partial charge in [0.25, 0.3) is 0 Å². The van der Waals surface area contributed by atoms with Crippen LogP contribution in [0.1, 0.15) is 49.3 Å². The predicted molar refractivity (Wildman–Crippen MR) is 69.0 cm³/mol. The van der Waals surface area contributed by atoms with Crippen molar-refractivity contribution in [1.82, 2.24) is 0 Å². The highest BCUT2D eigenvalue weighted by molar-refractivity contribution is 5.32. The van der Waals surface area contributed by atoms with E-state index in [2.05, 4.69) is 0 Å². The summed E-state index contributed by atoms with van der Waals surface area (Å²) in [5.74, 6) is -0.125. The first-order valence-electron chi connectivity index (χ1n) is 6.93. The fourth-order valence-electron chi connectivity index (χ4n) is 2.93. The molecule has 20 heavy (non-hydrogen) atoms. The second-order valence-electron chi connectivity index (χ2n) is 5.42. The average molecular weight is 288 g/mol. The SMILES string of the molecule is OC(c1ccccc1C(F)(F)F)C(O)C1CCCCC1. The van der Waals surface area contributed by atoms with E-state index in [9.17, 15) is 23.4 Å². The lowest BCUT2D eigenvalue weighted by molar-refractivity contribution is -0.140. The lowest BCUT2D eigenvalue weighted by Crippen LogP contribution is -2.30. The largest absolute Gasteiger partial charge is 0.416 e. The third-order valence-corrected chi connectivity index (χ3v) is 4.04. The van der Waals surface area contributed by atoms with E-state index in [1.54, 1.807) is 0 Å². The highest BCUT2D eigenvalue weighted by atomic mass is 19.4. The Hall–Kier alpha value is -1.07. The number of alkyl halides is 3. The molecule has 2 nitrogen and oxygen atoms in total. The number of hydrogen-bond acceptors (Lipinski definition) is 2. The Morgan fingerprint density at radius 3 is 2.20 bits per heavy atom. The third-order valence-electron chi connectivity index (χ3n) is 4.04. The van der Waals surface area contributed by atoms with Crippen molar-refractivity contribution in [2.45, 2.75) is 50.5 Å². The second-order valence-corrected chi connectivity index (χ2v) is 5.42. The van der Waals surface area contributed by atoms with Gasteiger partial charge in [-0.05, 0) is 30.4 Å². The quantitative estimate of drug-likeness (QED) is 0.890. The number of benzene rings is 1. The molecule has 0 aromatic heterocycles. The molecule has 2 rings (SSSR count). The van der Waals surface area contributed by atoms with Gasteiger partial charge in [0, 0.05) is 0 Å². The maximum Gasteiger partial charge on any atom is 0.416 e. The molecule has 0 amide bonds. The van der Waals surface area contributed by atoms with Crippen molar-refractivity contribution in [2.75, 3.05) is 0 Å². The summed E-state index contributed by atoms with van der Waals surface area (Å²) in [4.78, 5) is 0. The molecule has 1 aliphatic rings.